The van der Waals surface area contributed by atoms with Crippen LogP contribution in [-0.4, -0.2) is 30.6 Å². The summed E-state index contributed by atoms with van der Waals surface area (Å²) in [4.78, 5) is 11.2. The van der Waals surface area contributed by atoms with Crippen molar-refractivity contribution in [3.63, 3.8) is 0 Å². The number of hydrogen-bond acceptors (Lipinski definition) is 3. The van der Waals surface area contributed by atoms with Gasteiger partial charge in [-0.1, -0.05) is 15.9 Å². The second kappa shape index (κ2) is 5.60. The number of ether oxygens (including phenoxy) is 2. The number of alkyl halides is 1. The molecule has 3 nitrogen and oxygen atoms in total. The van der Waals surface area contributed by atoms with Crippen LogP contribution in [0.25, 0.3) is 0 Å². The van der Waals surface area contributed by atoms with Crippen LogP contribution in [0, 0.1) is 5.92 Å². The van der Waals surface area contributed by atoms with Crippen LogP contribution in [-0.2, 0) is 14.3 Å². The standard InChI is InChI=1S/C9H15BrO3/c1-2-13-9(11)8(10)7-3-5-12-6-4-7/h7-8H,2-6H2,1H3. The van der Waals surface area contributed by atoms with Gasteiger partial charge in [0.2, 0.25) is 0 Å². The third-order valence-electron chi connectivity index (χ3n) is 2.19. The fourth-order valence-corrected chi connectivity index (χ4v) is 2.08. The number of hydrogen-bond donors (Lipinski definition) is 0. The molecule has 1 atom stereocenters. The van der Waals surface area contributed by atoms with Gasteiger partial charge in [-0.2, -0.15) is 0 Å². The minimum atomic E-state index is -0.156. The van der Waals surface area contributed by atoms with Crippen LogP contribution in [0.1, 0.15) is 19.8 Å². The van der Waals surface area contributed by atoms with Crippen LogP contribution < -0.4 is 0 Å². The van der Waals surface area contributed by atoms with E-state index in [0.717, 1.165) is 26.1 Å². The van der Waals surface area contributed by atoms with Gasteiger partial charge >= 0.3 is 5.97 Å². The Morgan fingerprint density at radius 1 is 1.62 bits per heavy atom. The van der Waals surface area contributed by atoms with Gasteiger partial charge in [-0.25, -0.2) is 0 Å². The zero-order chi connectivity index (χ0) is 9.68. The Hall–Kier alpha value is -0.0900. The number of halogens is 1. The van der Waals surface area contributed by atoms with E-state index in [0.29, 0.717) is 12.5 Å². The normalized spacial score (nSPS) is 21.1. The van der Waals surface area contributed by atoms with Crippen molar-refractivity contribution in [1.82, 2.24) is 0 Å². The van der Waals surface area contributed by atoms with Crippen LogP contribution in [0.2, 0.25) is 0 Å². The molecular formula is C9H15BrO3. The molecule has 1 unspecified atom stereocenters. The molecule has 0 saturated carbocycles. The fraction of sp³-hybridized carbons (Fsp3) is 0.889. The molecule has 0 N–H and O–H groups in total. The summed E-state index contributed by atoms with van der Waals surface area (Å²) in [5.41, 5.74) is 0. The maximum atomic E-state index is 11.3. The van der Waals surface area contributed by atoms with Crippen molar-refractivity contribution in [3.8, 4) is 0 Å². The van der Waals surface area contributed by atoms with Crippen molar-refractivity contribution < 1.29 is 14.3 Å². The molecule has 1 aliphatic heterocycles. The molecule has 76 valence electrons. The Balaban J connectivity index is 2.35. The molecule has 1 fully saturated rings. The number of rotatable bonds is 3. The Morgan fingerprint density at radius 3 is 2.77 bits per heavy atom. The quantitative estimate of drug-likeness (QED) is 0.566. The zero-order valence-electron chi connectivity index (χ0n) is 7.79. The molecule has 1 aliphatic rings. The van der Waals surface area contributed by atoms with E-state index in [4.69, 9.17) is 9.47 Å². The number of esters is 1. The highest BCUT2D eigenvalue weighted by Crippen LogP contribution is 2.24. The molecular weight excluding hydrogens is 236 g/mol. The van der Waals surface area contributed by atoms with Gasteiger partial charge in [-0.15, -0.1) is 0 Å². The molecule has 1 heterocycles. The predicted octanol–water partition coefficient (Wildman–Crippen LogP) is 1.74. The lowest BCUT2D eigenvalue weighted by molar-refractivity contribution is -0.143. The van der Waals surface area contributed by atoms with Crippen LogP contribution in [0.3, 0.4) is 0 Å². The van der Waals surface area contributed by atoms with Gasteiger partial charge in [0.1, 0.15) is 4.83 Å². The first-order chi connectivity index (χ1) is 6.25. The first kappa shape index (κ1) is 11.0. The van der Waals surface area contributed by atoms with Gasteiger partial charge in [0, 0.05) is 13.2 Å². The second-order valence-corrected chi connectivity index (χ2v) is 4.09. The molecule has 0 spiro atoms. The Bertz CT molecular complexity index is 166. The number of carbonyl (C=O) groups excluding carboxylic acids is 1. The molecule has 1 rings (SSSR count). The highest BCUT2D eigenvalue weighted by molar-refractivity contribution is 9.10. The minimum absolute atomic E-state index is 0.144. The van der Waals surface area contributed by atoms with Crippen molar-refractivity contribution in [2.24, 2.45) is 5.92 Å². The van der Waals surface area contributed by atoms with E-state index in [1.807, 2.05) is 6.92 Å². The largest absolute Gasteiger partial charge is 0.465 e. The molecule has 1 saturated heterocycles. The first-order valence-electron chi connectivity index (χ1n) is 4.64. The molecule has 0 aromatic rings. The molecule has 0 radical (unpaired) electrons. The van der Waals surface area contributed by atoms with E-state index in [9.17, 15) is 4.79 Å². The fourth-order valence-electron chi connectivity index (χ4n) is 1.42. The molecule has 0 amide bonds. The summed E-state index contributed by atoms with van der Waals surface area (Å²) in [5.74, 6) is 0.224. The van der Waals surface area contributed by atoms with Crippen molar-refractivity contribution in [2.45, 2.75) is 24.6 Å². The molecule has 0 bridgehead atoms. The summed E-state index contributed by atoms with van der Waals surface area (Å²) in [6.45, 7) is 3.78. The van der Waals surface area contributed by atoms with E-state index in [-0.39, 0.29) is 10.8 Å². The van der Waals surface area contributed by atoms with E-state index in [1.165, 1.54) is 0 Å². The van der Waals surface area contributed by atoms with Crippen LogP contribution >= 0.6 is 15.9 Å². The Labute approximate surface area is 86.9 Å². The third-order valence-corrected chi connectivity index (χ3v) is 3.31. The SMILES string of the molecule is CCOC(=O)C(Br)C1CCOCC1. The van der Waals surface area contributed by atoms with Gasteiger partial charge in [0.25, 0.3) is 0 Å². The Morgan fingerprint density at radius 2 is 2.23 bits per heavy atom. The smallest absolute Gasteiger partial charge is 0.319 e. The monoisotopic (exact) mass is 250 g/mol. The third kappa shape index (κ3) is 3.27. The second-order valence-electron chi connectivity index (χ2n) is 3.10. The molecule has 0 aliphatic carbocycles. The van der Waals surface area contributed by atoms with Crippen molar-refractivity contribution in [1.29, 1.82) is 0 Å². The van der Waals surface area contributed by atoms with E-state index in [2.05, 4.69) is 15.9 Å². The molecule has 0 aromatic heterocycles. The Kier molecular flexibility index (Phi) is 4.73. The lowest BCUT2D eigenvalue weighted by Crippen LogP contribution is -2.30. The van der Waals surface area contributed by atoms with Crippen LogP contribution in [0.15, 0.2) is 0 Å². The summed E-state index contributed by atoms with van der Waals surface area (Å²) >= 11 is 3.38. The van der Waals surface area contributed by atoms with Crippen LogP contribution in [0.4, 0.5) is 0 Å². The van der Waals surface area contributed by atoms with Gasteiger partial charge in [-0.3, -0.25) is 4.79 Å². The highest BCUT2D eigenvalue weighted by Gasteiger charge is 2.28. The van der Waals surface area contributed by atoms with Gasteiger partial charge in [0.15, 0.2) is 0 Å². The van der Waals surface area contributed by atoms with Gasteiger partial charge in [-0.05, 0) is 25.7 Å². The summed E-state index contributed by atoms with van der Waals surface area (Å²) < 4.78 is 10.1. The minimum Gasteiger partial charge on any atom is -0.465 e. The zero-order valence-corrected chi connectivity index (χ0v) is 9.38. The van der Waals surface area contributed by atoms with Crippen molar-refractivity contribution >= 4 is 21.9 Å². The van der Waals surface area contributed by atoms with E-state index >= 15 is 0 Å². The van der Waals surface area contributed by atoms with Crippen molar-refractivity contribution in [3.05, 3.63) is 0 Å². The lowest BCUT2D eigenvalue weighted by Gasteiger charge is -2.25. The van der Waals surface area contributed by atoms with E-state index in [1.54, 1.807) is 0 Å². The van der Waals surface area contributed by atoms with Gasteiger partial charge < -0.3 is 9.47 Å². The number of carbonyl (C=O) groups is 1. The molecule has 0 aromatic carbocycles. The molecule has 13 heavy (non-hydrogen) atoms. The van der Waals surface area contributed by atoms with E-state index < -0.39 is 0 Å². The summed E-state index contributed by atoms with van der Waals surface area (Å²) in [5, 5.41) is 0. The average molecular weight is 251 g/mol. The summed E-state index contributed by atoms with van der Waals surface area (Å²) in [6.07, 6.45) is 1.88. The first-order valence-corrected chi connectivity index (χ1v) is 5.55. The van der Waals surface area contributed by atoms with Crippen molar-refractivity contribution in [2.75, 3.05) is 19.8 Å². The average Bonchev–Trinajstić information content (AvgIpc) is 2.18. The topological polar surface area (TPSA) is 35.5 Å². The maximum Gasteiger partial charge on any atom is 0.319 e. The summed E-state index contributed by atoms with van der Waals surface area (Å²) in [7, 11) is 0. The molecule has 4 heteroatoms. The predicted molar refractivity (Wildman–Crippen MR) is 52.9 cm³/mol. The maximum absolute atomic E-state index is 11.3. The van der Waals surface area contributed by atoms with Crippen LogP contribution in [0.5, 0.6) is 0 Å². The highest BCUT2D eigenvalue weighted by atomic mass is 79.9. The lowest BCUT2D eigenvalue weighted by atomic mass is 9.97. The van der Waals surface area contributed by atoms with Gasteiger partial charge in [0.05, 0.1) is 6.61 Å². The summed E-state index contributed by atoms with van der Waals surface area (Å²) in [6, 6.07) is 0.